The second-order valence-corrected chi connectivity index (χ2v) is 7.07. The number of rotatable bonds is 13. The molecule has 0 saturated carbocycles. The average Bonchev–Trinajstić information content (AvgIpc) is 3.24. The molecule has 0 aliphatic carbocycles. The van der Waals surface area contributed by atoms with E-state index < -0.39 is 0 Å². The molecule has 0 spiro atoms. The molecular formula is C22H38IN3O4. The molecule has 1 aromatic carbocycles. The van der Waals surface area contributed by atoms with E-state index in [0.29, 0.717) is 33.0 Å². The highest BCUT2D eigenvalue weighted by Crippen LogP contribution is 2.20. The zero-order valence-electron chi connectivity index (χ0n) is 18.6. The summed E-state index contributed by atoms with van der Waals surface area (Å²) >= 11 is 0. The number of aryl methyl sites for hydroxylation is 1. The van der Waals surface area contributed by atoms with Crippen LogP contribution < -0.4 is 15.4 Å². The molecule has 1 heterocycles. The standard InChI is InChI=1S/C22H37N3O4.HI/c1-4-26-13-14-29-21-15-18(2)8-9-19(21)16-25-22(23-3)24-10-6-11-27-17-20-7-5-12-28-20;/h8-9,15,20H,4-7,10-14,16-17H2,1-3H3,(H2,23,24,25);1H. The van der Waals surface area contributed by atoms with E-state index in [4.69, 9.17) is 18.9 Å². The first-order valence-corrected chi connectivity index (χ1v) is 10.7. The lowest BCUT2D eigenvalue weighted by atomic mass is 10.1. The van der Waals surface area contributed by atoms with Crippen molar-refractivity contribution in [3.05, 3.63) is 29.3 Å². The van der Waals surface area contributed by atoms with Crippen LogP contribution in [0.2, 0.25) is 0 Å². The van der Waals surface area contributed by atoms with Gasteiger partial charge < -0.3 is 29.6 Å². The fourth-order valence-electron chi connectivity index (χ4n) is 3.07. The molecule has 0 aromatic heterocycles. The molecule has 1 aromatic rings. The Labute approximate surface area is 198 Å². The SMILES string of the molecule is CCOCCOc1cc(C)ccc1CNC(=NC)NCCCOCC1CCCO1.I. The van der Waals surface area contributed by atoms with Crippen LogP contribution in [0.3, 0.4) is 0 Å². The van der Waals surface area contributed by atoms with Gasteiger partial charge in [0.15, 0.2) is 5.96 Å². The third-order valence-corrected chi connectivity index (χ3v) is 4.67. The second kappa shape index (κ2) is 16.6. The van der Waals surface area contributed by atoms with E-state index in [1.54, 1.807) is 7.05 Å². The fraction of sp³-hybridized carbons (Fsp3) is 0.682. The minimum Gasteiger partial charge on any atom is -0.491 e. The Morgan fingerprint density at radius 2 is 2.07 bits per heavy atom. The van der Waals surface area contributed by atoms with E-state index in [0.717, 1.165) is 56.3 Å². The van der Waals surface area contributed by atoms with Gasteiger partial charge in [-0.25, -0.2) is 0 Å². The molecule has 172 valence electrons. The predicted molar refractivity (Wildman–Crippen MR) is 131 cm³/mol. The van der Waals surface area contributed by atoms with E-state index in [-0.39, 0.29) is 30.1 Å². The van der Waals surface area contributed by atoms with Crippen molar-refractivity contribution >= 4 is 29.9 Å². The van der Waals surface area contributed by atoms with Crippen molar-refractivity contribution in [2.45, 2.75) is 45.8 Å². The quantitative estimate of drug-likeness (QED) is 0.175. The Hall–Kier alpha value is -1.10. The van der Waals surface area contributed by atoms with Crippen LogP contribution in [0, 0.1) is 6.92 Å². The molecule has 2 N–H and O–H groups in total. The summed E-state index contributed by atoms with van der Waals surface area (Å²) in [6.07, 6.45) is 3.48. The summed E-state index contributed by atoms with van der Waals surface area (Å²) in [5.74, 6) is 1.65. The largest absolute Gasteiger partial charge is 0.491 e. The van der Waals surface area contributed by atoms with Crippen molar-refractivity contribution in [2.75, 3.05) is 53.2 Å². The Balaban J connectivity index is 0.00000450. The molecule has 0 bridgehead atoms. The highest BCUT2D eigenvalue weighted by Gasteiger charge is 2.14. The van der Waals surface area contributed by atoms with Gasteiger partial charge in [0.05, 0.1) is 19.3 Å². The molecule has 30 heavy (non-hydrogen) atoms. The Kier molecular flexibility index (Phi) is 14.9. The molecule has 7 nitrogen and oxygen atoms in total. The molecule has 1 fully saturated rings. The maximum Gasteiger partial charge on any atom is 0.191 e. The highest BCUT2D eigenvalue weighted by molar-refractivity contribution is 14.0. The van der Waals surface area contributed by atoms with E-state index in [2.05, 4.69) is 40.7 Å². The van der Waals surface area contributed by atoms with Gasteiger partial charge in [0.25, 0.3) is 0 Å². The van der Waals surface area contributed by atoms with Crippen LogP contribution in [0.15, 0.2) is 23.2 Å². The maximum atomic E-state index is 5.90. The first-order valence-electron chi connectivity index (χ1n) is 10.7. The van der Waals surface area contributed by atoms with Gasteiger partial charge in [0.1, 0.15) is 12.4 Å². The van der Waals surface area contributed by atoms with Crippen LogP contribution in [-0.4, -0.2) is 65.3 Å². The van der Waals surface area contributed by atoms with Crippen LogP contribution in [0.25, 0.3) is 0 Å². The number of halogens is 1. The second-order valence-electron chi connectivity index (χ2n) is 7.07. The van der Waals surface area contributed by atoms with Gasteiger partial charge in [0, 0.05) is 45.5 Å². The third kappa shape index (κ3) is 10.8. The van der Waals surface area contributed by atoms with Gasteiger partial charge in [-0.05, 0) is 44.7 Å². The van der Waals surface area contributed by atoms with Crippen molar-refractivity contribution in [3.8, 4) is 5.75 Å². The first-order chi connectivity index (χ1) is 14.2. The number of benzene rings is 1. The van der Waals surface area contributed by atoms with Crippen molar-refractivity contribution < 1.29 is 18.9 Å². The molecular weight excluding hydrogens is 497 g/mol. The minimum absolute atomic E-state index is 0. The van der Waals surface area contributed by atoms with Crippen LogP contribution in [0.5, 0.6) is 5.75 Å². The molecule has 1 saturated heterocycles. The Morgan fingerprint density at radius 1 is 1.20 bits per heavy atom. The molecule has 0 radical (unpaired) electrons. The number of hydrogen-bond acceptors (Lipinski definition) is 5. The normalized spacial score (nSPS) is 16.2. The lowest BCUT2D eigenvalue weighted by molar-refractivity contribution is 0.0168. The minimum atomic E-state index is 0. The van der Waals surface area contributed by atoms with Crippen LogP contribution in [0.4, 0.5) is 0 Å². The zero-order chi connectivity index (χ0) is 20.7. The molecule has 1 aliphatic rings. The summed E-state index contributed by atoms with van der Waals surface area (Å²) in [4.78, 5) is 4.29. The average molecular weight is 535 g/mol. The van der Waals surface area contributed by atoms with Gasteiger partial charge in [-0.2, -0.15) is 0 Å². The Morgan fingerprint density at radius 3 is 2.80 bits per heavy atom. The maximum absolute atomic E-state index is 5.90. The van der Waals surface area contributed by atoms with Crippen molar-refractivity contribution in [3.63, 3.8) is 0 Å². The summed E-state index contributed by atoms with van der Waals surface area (Å²) in [6, 6.07) is 6.24. The molecule has 1 aliphatic heterocycles. The van der Waals surface area contributed by atoms with Crippen molar-refractivity contribution in [2.24, 2.45) is 4.99 Å². The summed E-state index contributed by atoms with van der Waals surface area (Å²) in [5, 5.41) is 6.68. The monoisotopic (exact) mass is 535 g/mol. The van der Waals surface area contributed by atoms with E-state index in [1.165, 1.54) is 5.56 Å². The van der Waals surface area contributed by atoms with Crippen LogP contribution in [0.1, 0.15) is 37.3 Å². The number of hydrogen-bond donors (Lipinski definition) is 2. The molecule has 2 rings (SSSR count). The van der Waals surface area contributed by atoms with Crippen molar-refractivity contribution in [1.29, 1.82) is 0 Å². The van der Waals surface area contributed by atoms with Crippen LogP contribution in [-0.2, 0) is 20.8 Å². The zero-order valence-corrected chi connectivity index (χ0v) is 20.9. The third-order valence-electron chi connectivity index (χ3n) is 4.67. The van der Waals surface area contributed by atoms with Gasteiger partial charge in [-0.1, -0.05) is 12.1 Å². The number of guanidine groups is 1. The number of aliphatic imine (C=N–C) groups is 1. The number of nitrogens with zero attached hydrogens (tertiary/aromatic N) is 1. The van der Waals surface area contributed by atoms with Gasteiger partial charge in [-0.3, -0.25) is 4.99 Å². The predicted octanol–water partition coefficient (Wildman–Crippen LogP) is 3.28. The molecule has 0 amide bonds. The van der Waals surface area contributed by atoms with E-state index in [1.807, 2.05) is 6.92 Å². The summed E-state index contributed by atoms with van der Waals surface area (Å²) < 4.78 is 22.5. The van der Waals surface area contributed by atoms with Gasteiger partial charge >= 0.3 is 0 Å². The van der Waals surface area contributed by atoms with Crippen molar-refractivity contribution in [1.82, 2.24) is 10.6 Å². The number of ether oxygens (including phenoxy) is 4. The lowest BCUT2D eigenvalue weighted by Gasteiger charge is -2.16. The van der Waals surface area contributed by atoms with Gasteiger partial charge in [0.2, 0.25) is 0 Å². The topological polar surface area (TPSA) is 73.3 Å². The lowest BCUT2D eigenvalue weighted by Crippen LogP contribution is -2.37. The summed E-state index contributed by atoms with van der Waals surface area (Å²) in [6.45, 7) is 9.62. The first kappa shape index (κ1) is 26.9. The smallest absolute Gasteiger partial charge is 0.191 e. The van der Waals surface area contributed by atoms with Gasteiger partial charge in [-0.15, -0.1) is 24.0 Å². The Bertz CT molecular complexity index is 610. The van der Waals surface area contributed by atoms with E-state index in [9.17, 15) is 0 Å². The molecule has 8 heteroatoms. The summed E-state index contributed by atoms with van der Waals surface area (Å²) in [5.41, 5.74) is 2.26. The molecule has 1 unspecified atom stereocenters. The fourth-order valence-corrected chi connectivity index (χ4v) is 3.07. The molecule has 1 atom stereocenters. The highest BCUT2D eigenvalue weighted by atomic mass is 127. The summed E-state index contributed by atoms with van der Waals surface area (Å²) in [7, 11) is 1.78. The van der Waals surface area contributed by atoms with Crippen LogP contribution >= 0.6 is 24.0 Å². The van der Waals surface area contributed by atoms with E-state index >= 15 is 0 Å². The number of nitrogens with one attached hydrogen (secondary N) is 2.